The number of aromatic nitrogens is 2. The molecular formula is C20H24F3N3O2. The molecule has 1 aliphatic carbocycles. The van der Waals surface area contributed by atoms with Crippen LogP contribution in [0.5, 0.6) is 5.75 Å². The average molecular weight is 395 g/mol. The van der Waals surface area contributed by atoms with Crippen LogP contribution in [0.1, 0.15) is 62.4 Å². The molecular weight excluding hydrogens is 371 g/mol. The number of hydrogen-bond donors (Lipinski definition) is 1. The lowest BCUT2D eigenvalue weighted by molar-refractivity contribution is -0.139. The third-order valence-corrected chi connectivity index (χ3v) is 5.54. The molecule has 8 heteroatoms. The van der Waals surface area contributed by atoms with Crippen molar-refractivity contribution >= 4 is 0 Å². The van der Waals surface area contributed by atoms with E-state index >= 15 is 0 Å². The van der Waals surface area contributed by atoms with Crippen LogP contribution in [0.3, 0.4) is 0 Å². The Morgan fingerprint density at radius 1 is 1.11 bits per heavy atom. The summed E-state index contributed by atoms with van der Waals surface area (Å²) in [4.78, 5) is 4.29. The second-order valence-electron chi connectivity index (χ2n) is 7.63. The summed E-state index contributed by atoms with van der Waals surface area (Å²) in [5.41, 5.74) is -0.531. The first-order valence-electron chi connectivity index (χ1n) is 9.92. The highest BCUT2D eigenvalue weighted by atomic mass is 19.4. The molecule has 28 heavy (non-hydrogen) atoms. The quantitative estimate of drug-likeness (QED) is 0.760. The van der Waals surface area contributed by atoms with E-state index in [0.29, 0.717) is 18.4 Å². The van der Waals surface area contributed by atoms with Crippen LogP contribution in [0.4, 0.5) is 13.2 Å². The van der Waals surface area contributed by atoms with Crippen molar-refractivity contribution in [1.29, 1.82) is 0 Å². The standard InChI is InChI=1S/C20H24F3N3O2/c21-20(22,23)15-11-14(18-25-19(28-26-18)16-7-4-10-24-16)8-9-17(15)27-12-13-5-2-1-3-6-13/h8-9,11,13,16,24H,1-7,10,12H2/t16-/m0/s1. The molecule has 1 N–H and O–H groups in total. The summed E-state index contributed by atoms with van der Waals surface area (Å²) in [5.74, 6) is 0.767. The van der Waals surface area contributed by atoms with Gasteiger partial charge in [0.05, 0.1) is 18.2 Å². The van der Waals surface area contributed by atoms with Crippen molar-refractivity contribution in [2.24, 2.45) is 5.92 Å². The summed E-state index contributed by atoms with van der Waals surface area (Å²) in [6.07, 6.45) is 2.83. The summed E-state index contributed by atoms with van der Waals surface area (Å²) in [7, 11) is 0. The van der Waals surface area contributed by atoms with Crippen molar-refractivity contribution in [3.8, 4) is 17.1 Å². The van der Waals surface area contributed by atoms with Crippen LogP contribution in [0.25, 0.3) is 11.4 Å². The number of rotatable bonds is 5. The molecule has 0 radical (unpaired) electrons. The minimum absolute atomic E-state index is 0.0264. The largest absolute Gasteiger partial charge is 0.493 e. The van der Waals surface area contributed by atoms with Gasteiger partial charge in [0.1, 0.15) is 5.75 Å². The van der Waals surface area contributed by atoms with E-state index in [9.17, 15) is 13.2 Å². The number of alkyl halides is 3. The lowest BCUT2D eigenvalue weighted by Crippen LogP contribution is -2.17. The lowest BCUT2D eigenvalue weighted by atomic mass is 9.90. The minimum Gasteiger partial charge on any atom is -0.493 e. The molecule has 1 aliphatic heterocycles. The zero-order chi connectivity index (χ0) is 19.6. The molecule has 2 heterocycles. The van der Waals surface area contributed by atoms with Gasteiger partial charge in [0.2, 0.25) is 11.7 Å². The third-order valence-electron chi connectivity index (χ3n) is 5.54. The summed E-state index contributed by atoms with van der Waals surface area (Å²) in [6, 6.07) is 3.95. The fourth-order valence-electron chi connectivity index (χ4n) is 3.97. The van der Waals surface area contributed by atoms with Crippen molar-refractivity contribution in [2.45, 2.75) is 57.2 Å². The van der Waals surface area contributed by atoms with Crippen molar-refractivity contribution < 1.29 is 22.4 Å². The molecule has 0 bridgehead atoms. The van der Waals surface area contributed by atoms with Gasteiger partial charge in [-0.2, -0.15) is 18.2 Å². The normalized spacial score (nSPS) is 21.2. The van der Waals surface area contributed by atoms with E-state index in [0.717, 1.165) is 51.1 Å². The highest BCUT2D eigenvalue weighted by Gasteiger charge is 2.35. The van der Waals surface area contributed by atoms with E-state index in [4.69, 9.17) is 9.26 Å². The molecule has 0 unspecified atom stereocenters. The minimum atomic E-state index is -4.52. The Kier molecular flexibility index (Phi) is 5.57. The first-order chi connectivity index (χ1) is 13.5. The fraction of sp³-hybridized carbons (Fsp3) is 0.600. The topological polar surface area (TPSA) is 60.2 Å². The zero-order valence-electron chi connectivity index (χ0n) is 15.6. The molecule has 4 rings (SSSR count). The first kappa shape index (κ1) is 19.2. The predicted octanol–water partition coefficient (Wildman–Crippen LogP) is 5.14. The Balaban J connectivity index is 1.54. The van der Waals surface area contributed by atoms with Crippen LogP contribution in [-0.2, 0) is 6.18 Å². The maximum atomic E-state index is 13.6. The van der Waals surface area contributed by atoms with Gasteiger partial charge >= 0.3 is 6.18 Å². The van der Waals surface area contributed by atoms with Gasteiger partial charge in [-0.1, -0.05) is 24.4 Å². The van der Waals surface area contributed by atoms with Gasteiger partial charge in [0.15, 0.2) is 0 Å². The van der Waals surface area contributed by atoms with Crippen LogP contribution in [0, 0.1) is 5.92 Å². The van der Waals surface area contributed by atoms with Crippen molar-refractivity contribution in [1.82, 2.24) is 15.5 Å². The van der Waals surface area contributed by atoms with E-state index in [-0.39, 0.29) is 23.2 Å². The summed E-state index contributed by atoms with van der Waals surface area (Å²) in [5, 5.41) is 7.10. The van der Waals surface area contributed by atoms with Crippen LogP contribution in [0.2, 0.25) is 0 Å². The monoisotopic (exact) mass is 395 g/mol. The van der Waals surface area contributed by atoms with E-state index < -0.39 is 11.7 Å². The van der Waals surface area contributed by atoms with Gasteiger partial charge in [0, 0.05) is 5.56 Å². The number of nitrogens with zero attached hydrogens (tertiary/aromatic N) is 2. The highest BCUT2D eigenvalue weighted by molar-refractivity contribution is 5.59. The van der Waals surface area contributed by atoms with E-state index in [1.807, 2.05) is 0 Å². The van der Waals surface area contributed by atoms with Crippen LogP contribution < -0.4 is 10.1 Å². The van der Waals surface area contributed by atoms with Crippen LogP contribution in [-0.4, -0.2) is 23.3 Å². The molecule has 2 aliphatic rings. The van der Waals surface area contributed by atoms with Gasteiger partial charge in [-0.05, 0) is 56.3 Å². The van der Waals surface area contributed by atoms with E-state index in [2.05, 4.69) is 15.5 Å². The van der Waals surface area contributed by atoms with Crippen molar-refractivity contribution in [3.05, 3.63) is 29.7 Å². The van der Waals surface area contributed by atoms with Gasteiger partial charge in [-0.3, -0.25) is 0 Å². The van der Waals surface area contributed by atoms with Crippen molar-refractivity contribution in [2.75, 3.05) is 13.2 Å². The summed E-state index contributed by atoms with van der Waals surface area (Å²) >= 11 is 0. The number of benzene rings is 1. The molecule has 5 nitrogen and oxygen atoms in total. The Morgan fingerprint density at radius 2 is 1.93 bits per heavy atom. The molecule has 152 valence electrons. The van der Waals surface area contributed by atoms with Crippen LogP contribution in [0.15, 0.2) is 22.7 Å². The van der Waals surface area contributed by atoms with Gasteiger partial charge < -0.3 is 14.6 Å². The molecule has 0 amide bonds. The third kappa shape index (κ3) is 4.32. The smallest absolute Gasteiger partial charge is 0.419 e. The Labute approximate surface area is 161 Å². The number of nitrogens with one attached hydrogen (secondary N) is 1. The molecule has 2 fully saturated rings. The van der Waals surface area contributed by atoms with Crippen LogP contribution >= 0.6 is 0 Å². The average Bonchev–Trinajstić information content (AvgIpc) is 3.38. The van der Waals surface area contributed by atoms with Gasteiger partial charge in [-0.25, -0.2) is 0 Å². The number of hydrogen-bond acceptors (Lipinski definition) is 5. The Morgan fingerprint density at radius 3 is 2.64 bits per heavy atom. The summed E-state index contributed by atoms with van der Waals surface area (Å²) < 4.78 is 51.7. The second-order valence-corrected chi connectivity index (χ2v) is 7.63. The molecule has 2 aromatic rings. The first-order valence-corrected chi connectivity index (χ1v) is 9.92. The predicted molar refractivity (Wildman–Crippen MR) is 96.8 cm³/mol. The molecule has 0 spiro atoms. The van der Waals surface area contributed by atoms with E-state index in [1.165, 1.54) is 12.5 Å². The second kappa shape index (κ2) is 8.11. The molecule has 1 aromatic carbocycles. The number of ether oxygens (including phenoxy) is 1. The fourth-order valence-corrected chi connectivity index (χ4v) is 3.97. The van der Waals surface area contributed by atoms with Crippen molar-refractivity contribution in [3.63, 3.8) is 0 Å². The maximum absolute atomic E-state index is 13.6. The Bertz CT molecular complexity index is 794. The highest BCUT2D eigenvalue weighted by Crippen LogP contribution is 2.39. The lowest BCUT2D eigenvalue weighted by Gasteiger charge is -2.23. The zero-order valence-corrected chi connectivity index (χ0v) is 15.6. The summed E-state index contributed by atoms with van der Waals surface area (Å²) in [6.45, 7) is 1.19. The molecule has 1 saturated carbocycles. The maximum Gasteiger partial charge on any atom is 0.419 e. The van der Waals surface area contributed by atoms with Gasteiger partial charge in [-0.15, -0.1) is 0 Å². The van der Waals surface area contributed by atoms with E-state index in [1.54, 1.807) is 6.07 Å². The Hall–Kier alpha value is -2.09. The molecule has 1 atom stereocenters. The molecule has 1 aromatic heterocycles. The SMILES string of the molecule is FC(F)(F)c1cc(-c2noc([C@@H]3CCCN3)n2)ccc1OCC1CCCCC1. The van der Waals surface area contributed by atoms with Gasteiger partial charge in [0.25, 0.3) is 0 Å². The molecule has 1 saturated heterocycles. The number of halogens is 3.